The third kappa shape index (κ3) is 9.23. The second kappa shape index (κ2) is 16.6. The largest absolute Gasteiger partial charge is 0.478 e. The molecule has 3 aliphatic heterocycles. The second-order valence-electron chi connectivity index (χ2n) is 12.9. The van der Waals surface area contributed by atoms with Gasteiger partial charge in [-0.2, -0.15) is 0 Å². The molecule has 0 saturated carbocycles. The fourth-order valence-electron chi connectivity index (χ4n) is 6.43. The first kappa shape index (κ1) is 37.3. The van der Waals surface area contributed by atoms with Crippen LogP contribution in [-0.4, -0.2) is 103 Å². The number of carbonyl (C=O) groups excluding carboxylic acids is 1. The molecule has 0 bridgehead atoms. The van der Waals surface area contributed by atoms with Crippen molar-refractivity contribution in [3.63, 3.8) is 0 Å². The van der Waals surface area contributed by atoms with Crippen LogP contribution in [0, 0.1) is 11.3 Å². The number of aliphatic hydroxyl groups excluding tert-OH is 2. The summed E-state index contributed by atoms with van der Waals surface area (Å²) in [5, 5.41) is 33.5. The van der Waals surface area contributed by atoms with Gasteiger partial charge in [0.05, 0.1) is 24.4 Å². The van der Waals surface area contributed by atoms with Crippen LogP contribution in [0.3, 0.4) is 0 Å². The van der Waals surface area contributed by atoms with Gasteiger partial charge < -0.3 is 49.1 Å². The molecule has 0 aromatic carbocycles. The van der Waals surface area contributed by atoms with Crippen molar-refractivity contribution < 1.29 is 53.3 Å². The molecule has 10 atom stereocenters. The minimum absolute atomic E-state index is 0.0389. The highest BCUT2D eigenvalue weighted by Crippen LogP contribution is 2.44. The summed E-state index contributed by atoms with van der Waals surface area (Å²) in [6.07, 6.45) is 5.00. The second-order valence-corrected chi connectivity index (χ2v) is 12.9. The number of amides is 1. The number of nitrogens with one attached hydrogen (secondary N) is 1. The van der Waals surface area contributed by atoms with E-state index in [1.807, 2.05) is 33.8 Å². The molecule has 0 aromatic heterocycles. The Kier molecular flexibility index (Phi) is 13.8. The summed E-state index contributed by atoms with van der Waals surface area (Å²) in [4.78, 5) is 23.9. The van der Waals surface area contributed by atoms with Crippen molar-refractivity contribution in [3.05, 3.63) is 36.5 Å². The van der Waals surface area contributed by atoms with Gasteiger partial charge in [0.15, 0.2) is 12.3 Å². The van der Waals surface area contributed by atoms with Crippen molar-refractivity contribution in [1.29, 1.82) is 0 Å². The fraction of sp³-hybridized carbons (Fsp3) is 0.758. The van der Waals surface area contributed by atoms with Gasteiger partial charge in [0.25, 0.3) is 5.91 Å². The molecule has 0 aromatic rings. The van der Waals surface area contributed by atoms with Crippen LogP contribution < -0.4 is 5.32 Å². The number of fused-ring (bicyclic) bond motifs is 1. The molecule has 3 rings (SSSR count). The van der Waals surface area contributed by atoms with Crippen molar-refractivity contribution in [3.8, 4) is 0 Å². The van der Waals surface area contributed by atoms with E-state index in [1.165, 1.54) is 13.2 Å². The summed E-state index contributed by atoms with van der Waals surface area (Å²) in [6, 6.07) is 0. The van der Waals surface area contributed by atoms with E-state index in [1.54, 1.807) is 13.2 Å². The number of allylic oxidation sites excluding steroid dienone is 3. The molecule has 4 N–H and O–H groups in total. The third-order valence-electron chi connectivity index (χ3n) is 9.45. The van der Waals surface area contributed by atoms with E-state index in [-0.39, 0.29) is 25.2 Å². The molecule has 3 aliphatic rings. The maximum atomic E-state index is 13.4. The Hall–Kier alpha value is -2.16. The van der Waals surface area contributed by atoms with Gasteiger partial charge >= 0.3 is 5.97 Å². The molecule has 0 unspecified atom stereocenters. The summed E-state index contributed by atoms with van der Waals surface area (Å²) in [5.74, 6) is -3.28. The zero-order valence-corrected chi connectivity index (χ0v) is 27.5. The molecule has 256 valence electrons. The lowest BCUT2D eigenvalue weighted by Gasteiger charge is -2.54. The molecular formula is C33H53NO11. The summed E-state index contributed by atoms with van der Waals surface area (Å²) in [6.45, 7) is 11.8. The van der Waals surface area contributed by atoms with Gasteiger partial charge in [-0.1, -0.05) is 64.0 Å². The molecule has 0 spiro atoms. The van der Waals surface area contributed by atoms with E-state index >= 15 is 0 Å². The molecule has 12 heteroatoms. The van der Waals surface area contributed by atoms with Gasteiger partial charge in [-0.15, -0.1) is 0 Å². The normalized spacial score (nSPS) is 34.8. The van der Waals surface area contributed by atoms with Gasteiger partial charge in [-0.05, 0) is 26.2 Å². The number of ether oxygens (including phenoxy) is 6. The SMILES string of the molecule is C=C1C[C@](OC)([C@H](O)C(=O)N[C@H]2OCO[C@H]3[C@H]2O[C@H](C[C@H](O)CCCCC/C=C/C=C/C(=O)O)C(C)(C)[C@@H]3OC)O[C@H](C)[C@@H]1C. The average Bonchev–Trinajstić information content (AvgIpc) is 2.98. The highest BCUT2D eigenvalue weighted by atomic mass is 16.7. The van der Waals surface area contributed by atoms with E-state index in [2.05, 4.69) is 11.9 Å². The predicted molar refractivity (Wildman–Crippen MR) is 165 cm³/mol. The Labute approximate surface area is 266 Å². The summed E-state index contributed by atoms with van der Waals surface area (Å²) in [5.41, 5.74) is 0.272. The number of carboxylic acids is 1. The average molecular weight is 640 g/mol. The number of unbranched alkanes of at least 4 members (excludes halogenated alkanes) is 3. The lowest BCUT2D eigenvalue weighted by atomic mass is 9.72. The first-order valence-corrected chi connectivity index (χ1v) is 15.8. The number of rotatable bonds is 15. The van der Waals surface area contributed by atoms with E-state index in [4.69, 9.17) is 33.5 Å². The minimum Gasteiger partial charge on any atom is -0.478 e. The van der Waals surface area contributed by atoms with Gasteiger partial charge in [0.2, 0.25) is 5.79 Å². The zero-order valence-electron chi connectivity index (χ0n) is 27.5. The lowest BCUT2D eigenvalue weighted by Crippen LogP contribution is -2.69. The van der Waals surface area contributed by atoms with Crippen LogP contribution in [0.15, 0.2) is 36.5 Å². The molecule has 1 amide bonds. The molecule has 45 heavy (non-hydrogen) atoms. The van der Waals surface area contributed by atoms with Crippen LogP contribution in [0.5, 0.6) is 0 Å². The Balaban J connectivity index is 1.62. The molecule has 0 radical (unpaired) electrons. The van der Waals surface area contributed by atoms with E-state index < -0.39 is 65.9 Å². The predicted octanol–water partition coefficient (Wildman–Crippen LogP) is 3.21. The van der Waals surface area contributed by atoms with Crippen molar-refractivity contribution in [1.82, 2.24) is 5.32 Å². The van der Waals surface area contributed by atoms with E-state index in [0.29, 0.717) is 12.8 Å². The number of hydrogen-bond acceptors (Lipinski definition) is 10. The Morgan fingerprint density at radius 1 is 1.11 bits per heavy atom. The first-order chi connectivity index (χ1) is 21.3. The maximum absolute atomic E-state index is 13.4. The van der Waals surface area contributed by atoms with Crippen molar-refractivity contribution in [2.75, 3.05) is 21.0 Å². The van der Waals surface area contributed by atoms with E-state index in [0.717, 1.165) is 37.3 Å². The van der Waals surface area contributed by atoms with Crippen LogP contribution in [0.1, 0.15) is 72.6 Å². The quantitative estimate of drug-likeness (QED) is 0.0901. The van der Waals surface area contributed by atoms with Crippen LogP contribution in [0.25, 0.3) is 0 Å². The summed E-state index contributed by atoms with van der Waals surface area (Å²) in [7, 11) is 2.99. The van der Waals surface area contributed by atoms with Crippen LogP contribution in [0.4, 0.5) is 0 Å². The monoisotopic (exact) mass is 639 g/mol. The van der Waals surface area contributed by atoms with Crippen LogP contribution in [0.2, 0.25) is 0 Å². The number of hydrogen-bond donors (Lipinski definition) is 4. The van der Waals surface area contributed by atoms with E-state index in [9.17, 15) is 19.8 Å². The molecule has 3 fully saturated rings. The molecular weight excluding hydrogens is 586 g/mol. The van der Waals surface area contributed by atoms with Crippen molar-refractivity contribution >= 4 is 11.9 Å². The molecule has 3 heterocycles. The standard InChI is InChI=1S/C33H53NO11/c1-20-18-33(41-7,45-22(3)21(20)2)28(38)30(39)34-31-27-26(42-19-43-31)29(40-6)32(4,5)24(44-27)17-23(35)15-13-11-9-8-10-12-14-16-25(36)37/h10,12,14,16,21-24,26-29,31,35,38H,1,8-9,11,13,15,17-19H2,2-7H3,(H,34,39)(H,36,37)/b12-10+,16-14+/t21-,22-,23-,24-,26+,27-,28-,29-,31+,33-/m1/s1. The molecule has 12 nitrogen and oxygen atoms in total. The molecule has 0 aliphatic carbocycles. The number of carbonyl (C=O) groups is 2. The summed E-state index contributed by atoms with van der Waals surface area (Å²) >= 11 is 0. The van der Waals surface area contributed by atoms with Crippen molar-refractivity contribution in [2.24, 2.45) is 11.3 Å². The Morgan fingerprint density at radius 3 is 2.49 bits per heavy atom. The van der Waals surface area contributed by atoms with Gasteiger partial charge in [-0.3, -0.25) is 4.79 Å². The zero-order chi connectivity index (χ0) is 33.4. The minimum atomic E-state index is -1.67. The lowest BCUT2D eigenvalue weighted by molar-refractivity contribution is -0.332. The number of carboxylic acid groups (broad SMARTS) is 1. The van der Waals surface area contributed by atoms with Crippen LogP contribution >= 0.6 is 0 Å². The van der Waals surface area contributed by atoms with Crippen LogP contribution in [-0.2, 0) is 38.0 Å². The maximum Gasteiger partial charge on any atom is 0.328 e. The highest BCUT2D eigenvalue weighted by molar-refractivity contribution is 5.82. The smallest absolute Gasteiger partial charge is 0.328 e. The van der Waals surface area contributed by atoms with Gasteiger partial charge in [0, 0.05) is 44.5 Å². The van der Waals surface area contributed by atoms with Gasteiger partial charge in [0.1, 0.15) is 19.0 Å². The fourth-order valence-corrected chi connectivity index (χ4v) is 6.43. The first-order valence-electron chi connectivity index (χ1n) is 15.8. The third-order valence-corrected chi connectivity index (χ3v) is 9.45. The van der Waals surface area contributed by atoms with Crippen molar-refractivity contribution in [2.45, 2.75) is 127 Å². The number of aliphatic carboxylic acids is 1. The number of methoxy groups -OCH3 is 2. The Morgan fingerprint density at radius 2 is 1.84 bits per heavy atom. The highest BCUT2D eigenvalue weighted by Gasteiger charge is 2.57. The number of aliphatic hydroxyl groups is 2. The topological polar surface area (TPSA) is 162 Å². The summed E-state index contributed by atoms with van der Waals surface area (Å²) < 4.78 is 35.8. The van der Waals surface area contributed by atoms with Gasteiger partial charge in [-0.25, -0.2) is 4.79 Å². The Bertz CT molecular complexity index is 1060. The molecule has 3 saturated heterocycles.